The summed E-state index contributed by atoms with van der Waals surface area (Å²) >= 11 is 0. The third-order valence-corrected chi connectivity index (χ3v) is 15.5. The molecule has 0 spiro atoms. The van der Waals surface area contributed by atoms with Crippen molar-refractivity contribution in [2.45, 2.75) is 0 Å². The molecule has 10 heteroatoms. The summed E-state index contributed by atoms with van der Waals surface area (Å²) in [5.41, 5.74) is 22.4. The average molecular weight is 997 g/mol. The van der Waals surface area contributed by atoms with Crippen LogP contribution >= 0.6 is 0 Å². The fourth-order valence-corrected chi connectivity index (χ4v) is 11.9. The molecule has 0 atom stereocenters. The number of fused-ring (bicyclic) bond motifs is 16. The largest absolute Gasteiger partial charge is 0.536 e. The maximum Gasteiger partial charge on any atom is 0.524 e. The zero-order valence-electron chi connectivity index (χ0n) is 41.9. The first-order valence-electron chi connectivity index (χ1n) is 26.3. The Labute approximate surface area is 451 Å². The van der Waals surface area contributed by atoms with Crippen LogP contribution in [0.15, 0.2) is 255 Å². The molecule has 78 heavy (non-hydrogen) atoms. The molecule has 0 saturated carbocycles. The van der Waals surface area contributed by atoms with Gasteiger partial charge < -0.3 is 18.9 Å². The summed E-state index contributed by atoms with van der Waals surface area (Å²) < 4.78 is 14.0. The van der Waals surface area contributed by atoms with Gasteiger partial charge in [-0.15, -0.1) is 0 Å². The van der Waals surface area contributed by atoms with E-state index in [9.17, 15) is 0 Å². The smallest absolute Gasteiger partial charge is 0.524 e. The van der Waals surface area contributed by atoms with E-state index in [1.807, 2.05) is 42.5 Å². The lowest BCUT2D eigenvalue weighted by Gasteiger charge is -2.32. The van der Waals surface area contributed by atoms with Crippen LogP contribution in [-0.2, 0) is 0 Å². The summed E-state index contributed by atoms with van der Waals surface area (Å²) in [6.07, 6.45) is 0. The predicted molar refractivity (Wildman–Crippen MR) is 316 cm³/mol. The van der Waals surface area contributed by atoms with E-state index in [0.29, 0.717) is 11.6 Å². The first-order valence-corrected chi connectivity index (χ1v) is 26.3. The van der Waals surface area contributed by atoms with E-state index in [0.717, 1.165) is 124 Å². The molecule has 362 valence electrons. The number of rotatable bonds is 7. The molecule has 4 aliphatic heterocycles. The second-order valence-electron chi connectivity index (χ2n) is 20.0. The first kappa shape index (κ1) is 44.0. The maximum atomic E-state index is 7.12. The first-order chi connectivity index (χ1) is 38.6. The van der Waals surface area contributed by atoms with Gasteiger partial charge in [-0.3, -0.25) is 0 Å². The van der Waals surface area contributed by atoms with E-state index in [1.54, 1.807) is 0 Å². The van der Waals surface area contributed by atoms with Crippen LogP contribution in [0.4, 0.5) is 22.7 Å². The molecule has 8 nitrogen and oxygen atoms in total. The lowest BCUT2D eigenvalue weighted by molar-refractivity contribution is 0.603. The monoisotopic (exact) mass is 996 g/mol. The zero-order chi connectivity index (χ0) is 51.3. The Kier molecular flexibility index (Phi) is 9.96. The highest BCUT2D eigenvalue weighted by Gasteiger charge is 2.47. The average Bonchev–Trinajstić information content (AvgIpc) is 4.26. The highest BCUT2D eigenvalue weighted by atomic mass is 16.5. The number of nitrogens with zero attached hydrogens (tertiary/aromatic N) is 6. The van der Waals surface area contributed by atoms with E-state index >= 15 is 0 Å². The van der Waals surface area contributed by atoms with E-state index < -0.39 is 7.05 Å². The van der Waals surface area contributed by atoms with Gasteiger partial charge in [0, 0.05) is 55.9 Å². The van der Waals surface area contributed by atoms with Crippen molar-refractivity contribution in [1.29, 1.82) is 0 Å². The molecule has 0 saturated heterocycles. The zero-order valence-corrected chi connectivity index (χ0v) is 41.9. The van der Waals surface area contributed by atoms with Gasteiger partial charge in [-0.25, -0.2) is 19.9 Å². The quantitative estimate of drug-likeness (QED) is 0.146. The highest BCUT2D eigenvalue weighted by molar-refractivity contribution is 6.78. The minimum absolute atomic E-state index is 0.281. The number of benzene rings is 10. The van der Waals surface area contributed by atoms with Crippen molar-refractivity contribution in [1.82, 2.24) is 19.9 Å². The summed E-state index contributed by atoms with van der Waals surface area (Å²) in [6.45, 7) is 0. The third-order valence-electron chi connectivity index (χ3n) is 15.5. The predicted octanol–water partition coefficient (Wildman–Crippen LogP) is 14.7. The number of anilines is 4. The second kappa shape index (κ2) is 17.6. The summed E-state index contributed by atoms with van der Waals surface area (Å²) in [5.74, 6) is 2.88. The number of hydrogen-bond acceptors (Lipinski definition) is 8. The minimum Gasteiger partial charge on any atom is -0.536 e. The number of hydrogen-bond donors (Lipinski definition) is 0. The number of para-hydroxylation sites is 2. The van der Waals surface area contributed by atoms with Crippen LogP contribution in [0.3, 0.4) is 0 Å². The molecule has 12 aromatic rings. The topological polar surface area (TPSA) is 76.5 Å². The van der Waals surface area contributed by atoms with Crippen molar-refractivity contribution in [3.8, 4) is 113 Å². The van der Waals surface area contributed by atoms with Crippen LogP contribution in [0.2, 0.25) is 0 Å². The summed E-state index contributed by atoms with van der Waals surface area (Å²) in [6, 6.07) is 88.9. The SMILES string of the molecule is c1ccc(-c2cc(-c3ccc4c(c3)OB3c5cccc(-c6cccc(-c7cc(-c8ccccc8)nc(-c8ccc9c(c8)OB8c%10ccccc%10-c%10ccccc%10N89)n7)c6)c5-c5ccccc5N34)nc(-c3ccccc3)n2)cc1. The molecule has 10 aromatic carbocycles. The van der Waals surface area contributed by atoms with Crippen molar-refractivity contribution < 1.29 is 9.31 Å². The fourth-order valence-electron chi connectivity index (χ4n) is 11.9. The minimum atomic E-state index is -0.396. The Morgan fingerprint density at radius 3 is 1.35 bits per heavy atom. The van der Waals surface area contributed by atoms with Crippen molar-refractivity contribution in [3.05, 3.63) is 255 Å². The highest BCUT2D eigenvalue weighted by Crippen LogP contribution is 2.51. The molecule has 16 rings (SSSR count). The van der Waals surface area contributed by atoms with E-state index in [4.69, 9.17) is 29.2 Å². The van der Waals surface area contributed by atoms with Crippen LogP contribution in [-0.4, -0.2) is 34.0 Å². The second-order valence-corrected chi connectivity index (χ2v) is 20.0. The van der Waals surface area contributed by atoms with E-state index in [2.05, 4.69) is 222 Å². The molecular weight excluding hydrogens is 954 g/mol. The fraction of sp³-hybridized carbons (Fsp3) is 0. The van der Waals surface area contributed by atoms with Crippen molar-refractivity contribution >= 4 is 47.8 Å². The van der Waals surface area contributed by atoms with Gasteiger partial charge in [-0.05, 0) is 93.8 Å². The molecular formula is C68H42B2N6O2. The van der Waals surface area contributed by atoms with Crippen LogP contribution in [0.25, 0.3) is 101 Å². The maximum absolute atomic E-state index is 7.12. The summed E-state index contributed by atoms with van der Waals surface area (Å²) in [4.78, 5) is 25.4. The standard InChI is InChI=1S/C68H42B2N6O2/c1-4-18-43(19-5-1)56-42-59(73-67(71-56)45-22-8-3-9-23-45)48-34-36-62-64(39-48)78-70-55-31-17-29-50(66(55)53-28-12-15-33-61(53)76(62)70)46-24-16-25-47(38-46)58-41-57(44-20-6-2-7-21-44)72-68(74-58)49-35-37-63-65(40-49)77-69-54-30-13-10-26-51(54)52-27-11-14-32-60(52)75(63)69/h1-42H. The van der Waals surface area contributed by atoms with Gasteiger partial charge in [0.05, 0.1) is 34.2 Å². The van der Waals surface area contributed by atoms with Crippen molar-refractivity contribution in [2.75, 3.05) is 9.62 Å². The van der Waals surface area contributed by atoms with Gasteiger partial charge in [0.2, 0.25) is 0 Å². The van der Waals surface area contributed by atoms with Gasteiger partial charge in [-0.2, -0.15) is 0 Å². The molecule has 0 bridgehead atoms. The number of aromatic nitrogens is 4. The molecule has 4 aliphatic rings. The normalized spacial score (nSPS) is 13.0. The molecule has 0 aliphatic carbocycles. The van der Waals surface area contributed by atoms with Crippen LogP contribution in [0.1, 0.15) is 0 Å². The summed E-state index contributed by atoms with van der Waals surface area (Å²) in [5, 5.41) is 0. The molecule has 0 radical (unpaired) electrons. The summed E-state index contributed by atoms with van der Waals surface area (Å²) in [7, 11) is -0.676. The van der Waals surface area contributed by atoms with E-state index in [1.165, 1.54) is 11.1 Å². The van der Waals surface area contributed by atoms with E-state index in [-0.39, 0.29) is 7.05 Å². The van der Waals surface area contributed by atoms with Gasteiger partial charge in [-0.1, -0.05) is 194 Å². The Bertz CT molecular complexity index is 4330. The van der Waals surface area contributed by atoms with Crippen molar-refractivity contribution in [3.63, 3.8) is 0 Å². The third kappa shape index (κ3) is 7.11. The van der Waals surface area contributed by atoms with Crippen molar-refractivity contribution in [2.24, 2.45) is 0 Å². The molecule has 0 fully saturated rings. The van der Waals surface area contributed by atoms with Gasteiger partial charge in [0.1, 0.15) is 11.5 Å². The molecule has 2 aromatic heterocycles. The Hall–Kier alpha value is -10.3. The Balaban J connectivity index is 0.769. The van der Waals surface area contributed by atoms with Crippen LogP contribution < -0.4 is 29.9 Å². The molecule has 0 unspecified atom stereocenters. The molecule has 6 heterocycles. The lowest BCUT2D eigenvalue weighted by Crippen LogP contribution is -2.50. The molecule has 0 amide bonds. The molecule has 0 N–H and O–H groups in total. The Morgan fingerprint density at radius 2 is 0.692 bits per heavy atom. The van der Waals surface area contributed by atoms with Gasteiger partial charge in [0.25, 0.3) is 0 Å². The van der Waals surface area contributed by atoms with Gasteiger partial charge >= 0.3 is 14.1 Å². The van der Waals surface area contributed by atoms with Crippen LogP contribution in [0.5, 0.6) is 11.5 Å². The van der Waals surface area contributed by atoms with Crippen LogP contribution in [0, 0.1) is 0 Å². The Morgan fingerprint density at radius 1 is 0.269 bits per heavy atom. The lowest BCUT2D eigenvalue weighted by atomic mass is 9.63. The van der Waals surface area contributed by atoms with Gasteiger partial charge in [0.15, 0.2) is 11.6 Å².